The van der Waals surface area contributed by atoms with Crippen molar-refractivity contribution < 1.29 is 4.39 Å². The van der Waals surface area contributed by atoms with Crippen molar-refractivity contribution in [2.45, 2.75) is 13.3 Å². The molecule has 1 aromatic carbocycles. The highest BCUT2D eigenvalue weighted by atomic mass is 19.1. The van der Waals surface area contributed by atoms with Crippen molar-refractivity contribution in [2.75, 3.05) is 6.54 Å². The van der Waals surface area contributed by atoms with Crippen LogP contribution in [0.2, 0.25) is 0 Å². The van der Waals surface area contributed by atoms with Crippen LogP contribution in [0.4, 0.5) is 4.39 Å². The van der Waals surface area contributed by atoms with Gasteiger partial charge in [0, 0.05) is 11.6 Å². The van der Waals surface area contributed by atoms with Crippen LogP contribution >= 0.6 is 0 Å². The molecule has 0 saturated heterocycles. The van der Waals surface area contributed by atoms with Crippen molar-refractivity contribution in [1.29, 1.82) is 0 Å². The summed E-state index contributed by atoms with van der Waals surface area (Å²) < 4.78 is 13.4. The summed E-state index contributed by atoms with van der Waals surface area (Å²) in [5.74, 6) is 0.228. The summed E-state index contributed by atoms with van der Waals surface area (Å²) in [5.41, 5.74) is 7.31. The van der Waals surface area contributed by atoms with Crippen molar-refractivity contribution in [2.24, 2.45) is 11.7 Å². The first-order valence-electron chi connectivity index (χ1n) is 5.17. The lowest BCUT2D eigenvalue weighted by atomic mass is 10.0. The minimum atomic E-state index is -0.195. The predicted octanol–water partition coefficient (Wildman–Crippen LogP) is 2.44. The molecular weight excluding hydrogens is 191 g/mol. The number of halogens is 1. The number of fused-ring (bicyclic) bond motifs is 1. The highest BCUT2D eigenvalue weighted by Crippen LogP contribution is 2.22. The van der Waals surface area contributed by atoms with Crippen molar-refractivity contribution in [1.82, 2.24) is 4.98 Å². The highest BCUT2D eigenvalue weighted by Gasteiger charge is 2.09. The first-order chi connectivity index (χ1) is 7.22. The lowest BCUT2D eigenvalue weighted by Gasteiger charge is -2.06. The number of hydrogen-bond acceptors (Lipinski definition) is 1. The van der Waals surface area contributed by atoms with Crippen LogP contribution in [-0.4, -0.2) is 11.5 Å². The molecule has 15 heavy (non-hydrogen) atoms. The van der Waals surface area contributed by atoms with E-state index in [2.05, 4.69) is 11.9 Å². The fourth-order valence-electron chi connectivity index (χ4n) is 1.80. The van der Waals surface area contributed by atoms with Crippen LogP contribution in [0.3, 0.4) is 0 Å². The first kappa shape index (κ1) is 10.2. The zero-order valence-corrected chi connectivity index (χ0v) is 8.76. The highest BCUT2D eigenvalue weighted by molar-refractivity contribution is 5.83. The molecule has 1 heterocycles. The largest absolute Gasteiger partial charge is 0.359 e. The Hall–Kier alpha value is -1.35. The number of aromatic amines is 1. The Kier molecular flexibility index (Phi) is 2.73. The zero-order valence-electron chi connectivity index (χ0n) is 8.76. The number of benzene rings is 1. The summed E-state index contributed by atoms with van der Waals surface area (Å²) >= 11 is 0. The second-order valence-corrected chi connectivity index (χ2v) is 4.02. The van der Waals surface area contributed by atoms with Crippen LogP contribution in [0, 0.1) is 11.7 Å². The molecule has 0 radical (unpaired) electrons. The minimum absolute atomic E-state index is 0.195. The van der Waals surface area contributed by atoms with Gasteiger partial charge in [-0.05, 0) is 30.5 Å². The van der Waals surface area contributed by atoms with Crippen LogP contribution in [0.5, 0.6) is 0 Å². The number of hydrogen-bond donors (Lipinski definition) is 2. The van der Waals surface area contributed by atoms with Crippen molar-refractivity contribution in [3.63, 3.8) is 0 Å². The van der Waals surface area contributed by atoms with Gasteiger partial charge in [0.15, 0.2) is 0 Å². The molecule has 0 saturated carbocycles. The van der Waals surface area contributed by atoms with Gasteiger partial charge in [-0.3, -0.25) is 0 Å². The van der Waals surface area contributed by atoms with E-state index in [9.17, 15) is 4.39 Å². The quantitative estimate of drug-likeness (QED) is 0.795. The molecule has 1 aromatic heterocycles. The van der Waals surface area contributed by atoms with Crippen LogP contribution < -0.4 is 5.73 Å². The number of nitrogens with two attached hydrogens (primary N) is 1. The Bertz CT molecular complexity index is 462. The monoisotopic (exact) mass is 206 g/mol. The predicted molar refractivity (Wildman–Crippen MR) is 60.2 cm³/mol. The Morgan fingerprint density at radius 3 is 3.00 bits per heavy atom. The fourth-order valence-corrected chi connectivity index (χ4v) is 1.80. The maximum atomic E-state index is 13.4. The standard InChI is InChI=1S/C12H15FN2/c1-8(6-14)5-9-7-15-12-10(9)3-2-4-11(12)13/h2-4,7-8,15H,5-6,14H2,1H3. The third-order valence-electron chi connectivity index (χ3n) is 2.72. The molecule has 2 aromatic rings. The fraction of sp³-hybridized carbons (Fsp3) is 0.333. The van der Waals surface area contributed by atoms with Crippen molar-refractivity contribution in [3.05, 3.63) is 35.8 Å². The van der Waals surface area contributed by atoms with Gasteiger partial charge in [-0.2, -0.15) is 0 Å². The van der Waals surface area contributed by atoms with E-state index in [-0.39, 0.29) is 5.82 Å². The summed E-state index contributed by atoms with van der Waals surface area (Å²) in [6, 6.07) is 5.14. The van der Waals surface area contributed by atoms with E-state index < -0.39 is 0 Å². The second kappa shape index (κ2) is 4.03. The van der Waals surface area contributed by atoms with E-state index in [0.717, 1.165) is 17.4 Å². The Balaban J connectivity index is 2.41. The molecule has 0 aliphatic heterocycles. The van der Waals surface area contributed by atoms with Gasteiger partial charge in [-0.1, -0.05) is 19.1 Å². The lowest BCUT2D eigenvalue weighted by molar-refractivity contribution is 0.595. The average Bonchev–Trinajstić information content (AvgIpc) is 2.63. The van der Waals surface area contributed by atoms with Gasteiger partial charge in [0.1, 0.15) is 5.82 Å². The molecule has 1 atom stereocenters. The van der Waals surface area contributed by atoms with Crippen LogP contribution in [0.1, 0.15) is 12.5 Å². The maximum Gasteiger partial charge on any atom is 0.147 e. The molecule has 0 bridgehead atoms. The second-order valence-electron chi connectivity index (χ2n) is 4.02. The molecule has 1 unspecified atom stereocenters. The van der Waals surface area contributed by atoms with Crippen LogP contribution in [-0.2, 0) is 6.42 Å². The molecule has 0 spiro atoms. The lowest BCUT2D eigenvalue weighted by Crippen LogP contribution is -2.12. The number of para-hydroxylation sites is 1. The molecule has 2 nitrogen and oxygen atoms in total. The third kappa shape index (κ3) is 1.88. The third-order valence-corrected chi connectivity index (χ3v) is 2.72. The van der Waals surface area contributed by atoms with E-state index in [1.54, 1.807) is 6.07 Å². The van der Waals surface area contributed by atoms with Crippen molar-refractivity contribution in [3.8, 4) is 0 Å². The van der Waals surface area contributed by atoms with Gasteiger partial charge < -0.3 is 10.7 Å². The number of nitrogens with one attached hydrogen (secondary N) is 1. The molecule has 0 aliphatic rings. The molecule has 0 fully saturated rings. The maximum absolute atomic E-state index is 13.4. The summed E-state index contributed by atoms with van der Waals surface area (Å²) in [6.07, 6.45) is 2.76. The SMILES string of the molecule is CC(CN)Cc1c[nH]c2c(F)cccc12. The molecule has 0 aliphatic carbocycles. The van der Waals surface area contributed by atoms with E-state index in [4.69, 9.17) is 5.73 Å². The Morgan fingerprint density at radius 1 is 1.47 bits per heavy atom. The first-order valence-corrected chi connectivity index (χ1v) is 5.17. The molecule has 2 rings (SSSR count). The molecule has 3 N–H and O–H groups in total. The van der Waals surface area contributed by atoms with Gasteiger partial charge in [0.25, 0.3) is 0 Å². The topological polar surface area (TPSA) is 41.8 Å². The van der Waals surface area contributed by atoms with Gasteiger partial charge in [0.05, 0.1) is 5.52 Å². The van der Waals surface area contributed by atoms with Gasteiger partial charge in [-0.15, -0.1) is 0 Å². The zero-order chi connectivity index (χ0) is 10.8. The summed E-state index contributed by atoms with van der Waals surface area (Å²) in [5, 5.41) is 0.968. The summed E-state index contributed by atoms with van der Waals surface area (Å²) in [6.45, 7) is 2.75. The summed E-state index contributed by atoms with van der Waals surface area (Å²) in [4.78, 5) is 2.97. The van der Waals surface area contributed by atoms with Gasteiger partial charge in [0.2, 0.25) is 0 Å². The smallest absolute Gasteiger partial charge is 0.147 e. The van der Waals surface area contributed by atoms with Gasteiger partial charge >= 0.3 is 0 Å². The van der Waals surface area contributed by atoms with E-state index in [1.165, 1.54) is 6.07 Å². The van der Waals surface area contributed by atoms with E-state index in [0.29, 0.717) is 18.0 Å². The number of aromatic nitrogens is 1. The molecule has 80 valence electrons. The van der Waals surface area contributed by atoms with Crippen LogP contribution in [0.15, 0.2) is 24.4 Å². The van der Waals surface area contributed by atoms with Gasteiger partial charge in [-0.25, -0.2) is 4.39 Å². The normalized spacial score (nSPS) is 13.3. The van der Waals surface area contributed by atoms with E-state index >= 15 is 0 Å². The Labute approximate surface area is 88.3 Å². The minimum Gasteiger partial charge on any atom is -0.359 e. The molecule has 0 amide bonds. The van der Waals surface area contributed by atoms with Crippen molar-refractivity contribution >= 4 is 10.9 Å². The number of H-pyrrole nitrogens is 1. The molecule has 3 heteroatoms. The summed E-state index contributed by atoms with van der Waals surface area (Å²) in [7, 11) is 0. The number of rotatable bonds is 3. The average molecular weight is 206 g/mol. The van der Waals surface area contributed by atoms with E-state index in [1.807, 2.05) is 12.3 Å². The Morgan fingerprint density at radius 2 is 2.27 bits per heavy atom. The van der Waals surface area contributed by atoms with Crippen LogP contribution in [0.25, 0.3) is 10.9 Å². The molecular formula is C12H15FN2.